The number of carbonyl (C=O) groups excluding carboxylic acids is 1. The van der Waals surface area contributed by atoms with Crippen LogP contribution in [0.5, 0.6) is 0 Å². The van der Waals surface area contributed by atoms with Crippen LogP contribution in [0.3, 0.4) is 0 Å². The summed E-state index contributed by atoms with van der Waals surface area (Å²) in [4.78, 5) is 12.4. The van der Waals surface area contributed by atoms with Crippen molar-refractivity contribution in [2.45, 2.75) is 51.9 Å². The van der Waals surface area contributed by atoms with E-state index in [1.165, 1.54) is 36.8 Å². The minimum Gasteiger partial charge on any atom is -0.299 e. The molecule has 102 valence electrons. The number of fused-ring (bicyclic) bond motifs is 2. The zero-order valence-corrected chi connectivity index (χ0v) is 12.1. The molecule has 3 atom stereocenters. The fourth-order valence-electron chi connectivity index (χ4n) is 3.99. The molecule has 1 nitrogen and oxygen atoms in total. The smallest absolute Gasteiger partial charge is 0.140 e. The number of rotatable bonds is 4. The lowest BCUT2D eigenvalue weighted by Crippen LogP contribution is -2.22. The zero-order chi connectivity index (χ0) is 13.4. The van der Waals surface area contributed by atoms with Gasteiger partial charge in [0.25, 0.3) is 0 Å². The summed E-state index contributed by atoms with van der Waals surface area (Å²) in [6, 6.07) is 8.63. The van der Waals surface area contributed by atoms with E-state index in [4.69, 9.17) is 0 Å². The van der Waals surface area contributed by atoms with Crippen LogP contribution in [0, 0.1) is 17.8 Å². The molecule has 2 fully saturated rings. The fraction of sp³-hybridized carbons (Fsp3) is 0.611. The normalized spacial score (nSPS) is 29.1. The van der Waals surface area contributed by atoms with Gasteiger partial charge < -0.3 is 0 Å². The van der Waals surface area contributed by atoms with Gasteiger partial charge in [0.2, 0.25) is 0 Å². The van der Waals surface area contributed by atoms with Gasteiger partial charge in [-0.3, -0.25) is 4.79 Å². The summed E-state index contributed by atoms with van der Waals surface area (Å²) in [6.45, 7) is 4.41. The Bertz CT molecular complexity index is 457. The first kappa shape index (κ1) is 12.9. The van der Waals surface area contributed by atoms with Gasteiger partial charge in [-0.1, -0.05) is 44.5 Å². The number of benzene rings is 1. The Labute approximate surface area is 116 Å². The SMILES string of the molecule is CC(C)c1ccc(CC(=O)C2CC3CCC2C3)cc1. The maximum Gasteiger partial charge on any atom is 0.140 e. The van der Waals surface area contributed by atoms with E-state index < -0.39 is 0 Å². The lowest BCUT2D eigenvalue weighted by Gasteiger charge is -2.20. The largest absolute Gasteiger partial charge is 0.299 e. The quantitative estimate of drug-likeness (QED) is 0.782. The van der Waals surface area contributed by atoms with Crippen molar-refractivity contribution in [3.63, 3.8) is 0 Å². The minimum atomic E-state index is 0.378. The zero-order valence-electron chi connectivity index (χ0n) is 12.1. The Hall–Kier alpha value is -1.11. The lowest BCUT2D eigenvalue weighted by molar-refractivity contribution is -0.123. The van der Waals surface area contributed by atoms with E-state index in [1.54, 1.807) is 0 Å². The second kappa shape index (κ2) is 5.11. The monoisotopic (exact) mass is 256 g/mol. The highest BCUT2D eigenvalue weighted by Crippen LogP contribution is 2.48. The lowest BCUT2D eigenvalue weighted by atomic mass is 9.83. The predicted octanol–water partition coefficient (Wildman–Crippen LogP) is 4.36. The van der Waals surface area contributed by atoms with Gasteiger partial charge in [0.1, 0.15) is 5.78 Å². The van der Waals surface area contributed by atoms with Crippen molar-refractivity contribution in [1.29, 1.82) is 0 Å². The Kier molecular flexibility index (Phi) is 3.47. The summed E-state index contributed by atoms with van der Waals surface area (Å²) >= 11 is 0. The van der Waals surface area contributed by atoms with Gasteiger partial charge in [0.05, 0.1) is 0 Å². The van der Waals surface area contributed by atoms with Gasteiger partial charge in [-0.05, 0) is 48.1 Å². The predicted molar refractivity (Wildman–Crippen MR) is 78.2 cm³/mol. The van der Waals surface area contributed by atoms with Gasteiger partial charge in [0, 0.05) is 12.3 Å². The molecular formula is C18H24O. The van der Waals surface area contributed by atoms with Crippen LogP contribution in [0.1, 0.15) is 56.6 Å². The summed E-state index contributed by atoms with van der Waals surface area (Å²) in [5.74, 6) is 3.01. The van der Waals surface area contributed by atoms with Crippen LogP contribution in [0.25, 0.3) is 0 Å². The summed E-state index contributed by atoms with van der Waals surface area (Å²) < 4.78 is 0. The van der Waals surface area contributed by atoms with Gasteiger partial charge in [0.15, 0.2) is 0 Å². The second-order valence-electron chi connectivity index (χ2n) is 6.82. The van der Waals surface area contributed by atoms with Crippen molar-refractivity contribution >= 4 is 5.78 Å². The summed E-state index contributed by atoms with van der Waals surface area (Å²) in [6.07, 6.45) is 5.81. The second-order valence-corrected chi connectivity index (χ2v) is 6.82. The van der Waals surface area contributed by atoms with Crippen LogP contribution in [0.15, 0.2) is 24.3 Å². The third kappa shape index (κ3) is 2.61. The fourth-order valence-corrected chi connectivity index (χ4v) is 3.99. The van der Waals surface area contributed by atoms with E-state index in [2.05, 4.69) is 38.1 Å². The third-order valence-corrected chi connectivity index (χ3v) is 5.18. The summed E-state index contributed by atoms with van der Waals surface area (Å²) in [7, 11) is 0. The highest BCUT2D eigenvalue weighted by Gasteiger charge is 2.42. The molecule has 0 saturated heterocycles. The molecule has 19 heavy (non-hydrogen) atoms. The molecule has 1 aromatic carbocycles. The summed E-state index contributed by atoms with van der Waals surface area (Å²) in [5, 5.41) is 0. The molecule has 0 N–H and O–H groups in total. The number of hydrogen-bond donors (Lipinski definition) is 0. The van der Waals surface area contributed by atoms with E-state index in [0.717, 1.165) is 5.92 Å². The molecule has 0 spiro atoms. The molecule has 0 heterocycles. The first-order valence-corrected chi connectivity index (χ1v) is 7.75. The van der Waals surface area contributed by atoms with Gasteiger partial charge >= 0.3 is 0 Å². The Balaban J connectivity index is 1.63. The Morgan fingerprint density at radius 1 is 1.16 bits per heavy atom. The van der Waals surface area contributed by atoms with Crippen LogP contribution in [0.2, 0.25) is 0 Å². The molecule has 3 rings (SSSR count). The number of Topliss-reactive ketones (excluding diaryl/α,β-unsaturated/α-hetero) is 1. The highest BCUT2D eigenvalue weighted by molar-refractivity contribution is 5.84. The first-order chi connectivity index (χ1) is 9.13. The van der Waals surface area contributed by atoms with Gasteiger partial charge in [-0.2, -0.15) is 0 Å². The number of carbonyl (C=O) groups is 1. The molecule has 2 saturated carbocycles. The average Bonchev–Trinajstić information content (AvgIpc) is 3.01. The van der Waals surface area contributed by atoms with Crippen molar-refractivity contribution in [2.75, 3.05) is 0 Å². The first-order valence-electron chi connectivity index (χ1n) is 7.75. The minimum absolute atomic E-state index is 0.378. The van der Waals surface area contributed by atoms with Crippen molar-refractivity contribution < 1.29 is 4.79 Å². The van der Waals surface area contributed by atoms with E-state index >= 15 is 0 Å². The van der Waals surface area contributed by atoms with Crippen molar-refractivity contribution in [3.05, 3.63) is 35.4 Å². The molecular weight excluding hydrogens is 232 g/mol. The molecule has 0 aromatic heterocycles. The van der Waals surface area contributed by atoms with Crippen molar-refractivity contribution in [2.24, 2.45) is 17.8 Å². The topological polar surface area (TPSA) is 17.1 Å². The van der Waals surface area contributed by atoms with Gasteiger partial charge in [-0.15, -0.1) is 0 Å². The van der Waals surface area contributed by atoms with Crippen LogP contribution in [0.4, 0.5) is 0 Å². The van der Waals surface area contributed by atoms with Crippen LogP contribution < -0.4 is 0 Å². The third-order valence-electron chi connectivity index (χ3n) is 5.18. The molecule has 3 unspecified atom stereocenters. The van der Waals surface area contributed by atoms with Crippen LogP contribution in [-0.4, -0.2) is 5.78 Å². The van der Waals surface area contributed by atoms with E-state index in [9.17, 15) is 4.79 Å². The maximum absolute atomic E-state index is 12.4. The number of hydrogen-bond acceptors (Lipinski definition) is 1. The molecule has 0 radical (unpaired) electrons. The van der Waals surface area contributed by atoms with Crippen molar-refractivity contribution in [1.82, 2.24) is 0 Å². The van der Waals surface area contributed by atoms with Gasteiger partial charge in [-0.25, -0.2) is 0 Å². The molecule has 2 aliphatic rings. The van der Waals surface area contributed by atoms with Crippen LogP contribution in [-0.2, 0) is 11.2 Å². The average molecular weight is 256 g/mol. The van der Waals surface area contributed by atoms with E-state index in [1.807, 2.05) is 0 Å². The van der Waals surface area contributed by atoms with E-state index in [0.29, 0.717) is 30.0 Å². The van der Waals surface area contributed by atoms with Crippen LogP contribution >= 0.6 is 0 Å². The molecule has 1 aromatic rings. The molecule has 0 aliphatic heterocycles. The Morgan fingerprint density at radius 2 is 1.89 bits per heavy atom. The maximum atomic E-state index is 12.4. The molecule has 2 bridgehead atoms. The van der Waals surface area contributed by atoms with E-state index in [-0.39, 0.29) is 0 Å². The summed E-state index contributed by atoms with van der Waals surface area (Å²) in [5.41, 5.74) is 2.55. The molecule has 2 aliphatic carbocycles. The highest BCUT2D eigenvalue weighted by atomic mass is 16.1. The standard InChI is InChI=1S/C18H24O/c1-12(2)15-6-3-13(4-7-15)11-18(19)17-10-14-5-8-16(17)9-14/h3-4,6-7,12,14,16-17H,5,8-11H2,1-2H3. The van der Waals surface area contributed by atoms with Crippen molar-refractivity contribution in [3.8, 4) is 0 Å². The number of ketones is 1. The molecule has 1 heteroatoms. The Morgan fingerprint density at radius 3 is 2.42 bits per heavy atom. The molecule has 0 amide bonds.